The van der Waals surface area contributed by atoms with Gasteiger partial charge in [-0.25, -0.2) is 0 Å². The highest BCUT2D eigenvalue weighted by Crippen LogP contribution is 2.25. The van der Waals surface area contributed by atoms with Crippen LogP contribution in [0.2, 0.25) is 0 Å². The van der Waals surface area contributed by atoms with Crippen LogP contribution in [0.25, 0.3) is 0 Å². The van der Waals surface area contributed by atoms with Gasteiger partial charge in [-0.2, -0.15) is 0 Å². The van der Waals surface area contributed by atoms with Crippen LogP contribution in [-0.2, 0) is 19.1 Å². The first-order chi connectivity index (χ1) is 12.9. The highest BCUT2D eigenvalue weighted by molar-refractivity contribution is 6.00. The van der Waals surface area contributed by atoms with Crippen molar-refractivity contribution in [1.82, 2.24) is 0 Å². The molecule has 6 nitrogen and oxygen atoms in total. The average molecular weight is 366 g/mol. The van der Waals surface area contributed by atoms with Crippen molar-refractivity contribution in [2.45, 2.75) is 20.3 Å². The Bertz CT molecular complexity index is 843. The van der Waals surface area contributed by atoms with E-state index in [-0.39, 0.29) is 25.5 Å². The van der Waals surface area contributed by atoms with Gasteiger partial charge in [-0.05, 0) is 49.2 Å². The molecule has 1 saturated heterocycles. The van der Waals surface area contributed by atoms with Crippen LogP contribution < -0.4 is 10.2 Å². The number of rotatable bonds is 5. The topological polar surface area (TPSA) is 75.7 Å². The Morgan fingerprint density at radius 3 is 2.44 bits per heavy atom. The molecule has 1 atom stereocenters. The summed E-state index contributed by atoms with van der Waals surface area (Å²) < 4.78 is 5.12. The van der Waals surface area contributed by atoms with Gasteiger partial charge < -0.3 is 15.0 Å². The van der Waals surface area contributed by atoms with Crippen LogP contribution >= 0.6 is 0 Å². The van der Waals surface area contributed by atoms with Gasteiger partial charge in [-0.1, -0.05) is 24.3 Å². The molecule has 0 aliphatic carbocycles. The first kappa shape index (κ1) is 18.6. The fourth-order valence-electron chi connectivity index (χ4n) is 3.22. The zero-order valence-corrected chi connectivity index (χ0v) is 15.4. The average Bonchev–Trinajstić information content (AvgIpc) is 3.01. The van der Waals surface area contributed by atoms with Crippen molar-refractivity contribution in [1.29, 1.82) is 0 Å². The molecule has 6 heteroatoms. The predicted molar refractivity (Wildman–Crippen MR) is 102 cm³/mol. The van der Waals surface area contributed by atoms with Crippen molar-refractivity contribution >= 4 is 29.2 Å². The minimum absolute atomic E-state index is 0.0897. The Balaban J connectivity index is 1.52. The number of benzene rings is 2. The second-order valence-corrected chi connectivity index (χ2v) is 6.77. The van der Waals surface area contributed by atoms with Gasteiger partial charge in [0.05, 0.1) is 5.92 Å². The standard InChI is InChI=1S/C21H22N2O4/c1-14-8-15(2)10-17(9-14)22-19(24)13-27-21(26)16-11-20(25)23(12-16)18-6-4-3-5-7-18/h3-10,16H,11-13H2,1-2H3,(H,22,24)/t16-/m1/s1. The second-order valence-electron chi connectivity index (χ2n) is 6.77. The SMILES string of the molecule is Cc1cc(C)cc(NC(=O)COC(=O)[C@@H]2CC(=O)N(c3ccccc3)C2)c1. The maximum atomic E-state index is 12.3. The summed E-state index contributed by atoms with van der Waals surface area (Å²) >= 11 is 0. The normalized spacial score (nSPS) is 16.3. The minimum atomic E-state index is -0.563. The third-order valence-corrected chi connectivity index (χ3v) is 4.38. The molecule has 0 spiro atoms. The monoisotopic (exact) mass is 366 g/mol. The molecule has 0 unspecified atom stereocenters. The number of carbonyl (C=O) groups excluding carboxylic acids is 3. The molecule has 1 N–H and O–H groups in total. The van der Waals surface area contributed by atoms with Gasteiger partial charge in [0.1, 0.15) is 0 Å². The molecule has 140 valence electrons. The summed E-state index contributed by atoms with van der Waals surface area (Å²) in [4.78, 5) is 38.0. The van der Waals surface area contributed by atoms with E-state index in [1.165, 1.54) is 0 Å². The van der Waals surface area contributed by atoms with Crippen LogP contribution in [0.1, 0.15) is 17.5 Å². The molecule has 2 aromatic carbocycles. The Morgan fingerprint density at radius 1 is 1.11 bits per heavy atom. The van der Waals surface area contributed by atoms with Gasteiger partial charge in [0.2, 0.25) is 5.91 Å². The van der Waals surface area contributed by atoms with E-state index in [0.717, 1.165) is 16.8 Å². The van der Waals surface area contributed by atoms with Crippen molar-refractivity contribution < 1.29 is 19.1 Å². The molecule has 2 aromatic rings. The maximum Gasteiger partial charge on any atom is 0.311 e. The lowest BCUT2D eigenvalue weighted by Crippen LogP contribution is -2.28. The number of carbonyl (C=O) groups is 3. The molecule has 1 aliphatic heterocycles. The zero-order chi connectivity index (χ0) is 19.4. The Labute approximate surface area is 158 Å². The second kappa shape index (κ2) is 8.03. The van der Waals surface area contributed by atoms with Crippen LogP contribution in [0.3, 0.4) is 0 Å². The summed E-state index contributed by atoms with van der Waals surface area (Å²) in [6, 6.07) is 14.9. The van der Waals surface area contributed by atoms with Gasteiger partial charge in [-0.3, -0.25) is 14.4 Å². The van der Waals surface area contributed by atoms with E-state index < -0.39 is 17.8 Å². The number of esters is 1. The van der Waals surface area contributed by atoms with E-state index in [0.29, 0.717) is 5.69 Å². The highest BCUT2D eigenvalue weighted by Gasteiger charge is 2.36. The highest BCUT2D eigenvalue weighted by atomic mass is 16.5. The predicted octanol–water partition coefficient (Wildman–Crippen LogP) is 2.84. The number of ether oxygens (including phenoxy) is 1. The van der Waals surface area contributed by atoms with Crippen molar-refractivity contribution in [2.75, 3.05) is 23.4 Å². The molecule has 2 amide bonds. The third-order valence-electron chi connectivity index (χ3n) is 4.38. The van der Waals surface area contributed by atoms with E-state index in [1.807, 2.05) is 62.4 Å². The zero-order valence-electron chi connectivity index (χ0n) is 15.4. The van der Waals surface area contributed by atoms with Crippen LogP contribution in [-0.4, -0.2) is 30.9 Å². The molecule has 0 radical (unpaired) electrons. The van der Waals surface area contributed by atoms with Gasteiger partial charge in [0, 0.05) is 24.3 Å². The first-order valence-corrected chi connectivity index (χ1v) is 8.82. The summed E-state index contributed by atoms with van der Waals surface area (Å²) in [5.41, 5.74) is 3.49. The van der Waals surface area contributed by atoms with Crippen LogP contribution in [0.5, 0.6) is 0 Å². The molecule has 0 saturated carbocycles. The summed E-state index contributed by atoms with van der Waals surface area (Å²) in [6.07, 6.45) is 0.0897. The number of amides is 2. The van der Waals surface area contributed by atoms with E-state index in [1.54, 1.807) is 4.90 Å². The molecule has 3 rings (SSSR count). The largest absolute Gasteiger partial charge is 0.455 e. The van der Waals surface area contributed by atoms with Gasteiger partial charge in [0.25, 0.3) is 5.91 Å². The van der Waals surface area contributed by atoms with Gasteiger partial charge in [0.15, 0.2) is 6.61 Å². The number of nitrogens with zero attached hydrogens (tertiary/aromatic N) is 1. The van der Waals surface area contributed by atoms with Crippen LogP contribution in [0, 0.1) is 19.8 Å². The molecule has 1 fully saturated rings. The molecule has 0 aromatic heterocycles. The number of nitrogens with one attached hydrogen (secondary N) is 1. The number of para-hydroxylation sites is 1. The smallest absolute Gasteiger partial charge is 0.311 e. The quantitative estimate of drug-likeness (QED) is 0.826. The van der Waals surface area contributed by atoms with E-state index in [4.69, 9.17) is 4.74 Å². The lowest BCUT2D eigenvalue weighted by atomic mass is 10.1. The molecule has 0 bridgehead atoms. The van der Waals surface area contributed by atoms with E-state index in [9.17, 15) is 14.4 Å². The van der Waals surface area contributed by atoms with Crippen molar-refractivity contribution in [3.8, 4) is 0 Å². The summed E-state index contributed by atoms with van der Waals surface area (Å²) in [5.74, 6) is -1.62. The molecular weight excluding hydrogens is 344 g/mol. The van der Waals surface area contributed by atoms with Crippen molar-refractivity contribution in [2.24, 2.45) is 5.92 Å². The Kier molecular flexibility index (Phi) is 5.54. The lowest BCUT2D eigenvalue weighted by molar-refractivity contribution is -0.151. The van der Waals surface area contributed by atoms with E-state index >= 15 is 0 Å². The summed E-state index contributed by atoms with van der Waals surface area (Å²) in [6.45, 7) is 3.78. The van der Waals surface area contributed by atoms with Gasteiger partial charge in [-0.15, -0.1) is 0 Å². The summed E-state index contributed by atoms with van der Waals surface area (Å²) in [7, 11) is 0. The number of hydrogen-bond acceptors (Lipinski definition) is 4. The number of aryl methyl sites for hydroxylation is 2. The van der Waals surface area contributed by atoms with Gasteiger partial charge >= 0.3 is 5.97 Å². The number of hydrogen-bond donors (Lipinski definition) is 1. The van der Waals surface area contributed by atoms with E-state index in [2.05, 4.69) is 5.32 Å². The van der Waals surface area contributed by atoms with Crippen molar-refractivity contribution in [3.63, 3.8) is 0 Å². The Hall–Kier alpha value is -3.15. The van der Waals surface area contributed by atoms with Crippen molar-refractivity contribution in [3.05, 3.63) is 59.7 Å². The van der Waals surface area contributed by atoms with Crippen LogP contribution in [0.4, 0.5) is 11.4 Å². The molecular formula is C21H22N2O4. The maximum absolute atomic E-state index is 12.3. The lowest BCUT2D eigenvalue weighted by Gasteiger charge is -2.16. The third kappa shape index (κ3) is 4.73. The van der Waals surface area contributed by atoms with Crippen LogP contribution in [0.15, 0.2) is 48.5 Å². The Morgan fingerprint density at radius 2 is 1.78 bits per heavy atom. The fourth-order valence-corrected chi connectivity index (χ4v) is 3.22. The molecule has 27 heavy (non-hydrogen) atoms. The number of anilines is 2. The summed E-state index contributed by atoms with van der Waals surface area (Å²) in [5, 5.41) is 2.72. The fraction of sp³-hybridized carbons (Fsp3) is 0.286. The minimum Gasteiger partial charge on any atom is -0.455 e. The first-order valence-electron chi connectivity index (χ1n) is 8.82. The molecule has 1 heterocycles. The molecule has 1 aliphatic rings.